The molecule has 0 saturated carbocycles. The lowest BCUT2D eigenvalue weighted by atomic mass is 10.0. The molecule has 42 heavy (non-hydrogen) atoms. The molecule has 0 spiro atoms. The second kappa shape index (κ2) is 16.0. The normalized spacial score (nSPS) is 22.7. The zero-order valence-electron chi connectivity index (χ0n) is 24.6. The van der Waals surface area contributed by atoms with Gasteiger partial charge in [0.15, 0.2) is 0 Å². The van der Waals surface area contributed by atoms with Crippen molar-refractivity contribution in [3.63, 3.8) is 0 Å². The maximum absolute atomic E-state index is 13.6. The molecule has 2 aromatic carbocycles. The number of rotatable bonds is 7. The number of nitrogens with zero attached hydrogens (tertiary/aromatic N) is 1. The molecule has 0 unspecified atom stereocenters. The minimum absolute atomic E-state index is 0.0251. The number of carbonyl (C=O) groups excluding carboxylic acids is 5. The molecule has 0 aliphatic carbocycles. The van der Waals surface area contributed by atoms with Gasteiger partial charge in [0.2, 0.25) is 23.6 Å². The number of hydrogen-bond donors (Lipinski definition) is 4. The SMILES string of the molecule is CSCC[C@@H]1NC(=O)[C@H](C(C)C)NC(=O)CN(C(=O)c2ccccc2)C[C@@H](Cc2ccccc2)NC(=O)[C@H](C)NC1=O. The Hall–Kier alpha value is -3.86. The summed E-state index contributed by atoms with van der Waals surface area (Å²) in [6, 6.07) is 14.8. The Labute approximate surface area is 251 Å². The number of benzene rings is 2. The molecule has 226 valence electrons. The first kappa shape index (κ1) is 32.7. The van der Waals surface area contributed by atoms with Gasteiger partial charge in [0.1, 0.15) is 18.1 Å². The first-order chi connectivity index (χ1) is 20.1. The summed E-state index contributed by atoms with van der Waals surface area (Å²) < 4.78 is 0. The van der Waals surface area contributed by atoms with Crippen LogP contribution in [0.25, 0.3) is 0 Å². The quantitative estimate of drug-likeness (QED) is 0.385. The molecule has 1 saturated heterocycles. The van der Waals surface area contributed by atoms with Crippen LogP contribution in [0, 0.1) is 5.92 Å². The monoisotopic (exact) mass is 595 g/mol. The van der Waals surface area contributed by atoms with E-state index in [1.165, 1.54) is 16.7 Å². The molecule has 5 amide bonds. The highest BCUT2D eigenvalue weighted by atomic mass is 32.2. The van der Waals surface area contributed by atoms with E-state index < -0.39 is 47.8 Å². The van der Waals surface area contributed by atoms with E-state index in [0.29, 0.717) is 24.2 Å². The van der Waals surface area contributed by atoms with Crippen LogP contribution in [0.3, 0.4) is 0 Å². The smallest absolute Gasteiger partial charge is 0.254 e. The molecule has 1 aliphatic rings. The van der Waals surface area contributed by atoms with Crippen LogP contribution < -0.4 is 21.3 Å². The molecular weight excluding hydrogens is 554 g/mol. The lowest BCUT2D eigenvalue weighted by Crippen LogP contribution is -2.57. The minimum atomic E-state index is -0.932. The summed E-state index contributed by atoms with van der Waals surface area (Å²) in [7, 11) is 0. The molecule has 0 aromatic heterocycles. The van der Waals surface area contributed by atoms with Crippen LogP contribution >= 0.6 is 11.8 Å². The Kier molecular flexibility index (Phi) is 12.4. The molecule has 3 rings (SSSR count). The molecule has 10 nitrogen and oxygen atoms in total. The Bertz CT molecular complexity index is 1230. The van der Waals surface area contributed by atoms with Crippen LogP contribution in [0.5, 0.6) is 0 Å². The van der Waals surface area contributed by atoms with Gasteiger partial charge in [-0.3, -0.25) is 24.0 Å². The van der Waals surface area contributed by atoms with Gasteiger partial charge in [0.05, 0.1) is 12.6 Å². The van der Waals surface area contributed by atoms with Crippen LogP contribution in [-0.4, -0.2) is 83.7 Å². The van der Waals surface area contributed by atoms with Gasteiger partial charge in [0.25, 0.3) is 5.91 Å². The van der Waals surface area contributed by atoms with Crippen molar-refractivity contribution in [3.05, 3.63) is 71.8 Å². The topological polar surface area (TPSA) is 137 Å². The van der Waals surface area contributed by atoms with E-state index in [0.717, 1.165) is 5.56 Å². The average Bonchev–Trinajstić information content (AvgIpc) is 2.97. The summed E-state index contributed by atoms with van der Waals surface area (Å²) in [5, 5.41) is 11.3. The third-order valence-corrected chi connectivity index (χ3v) is 7.66. The predicted octanol–water partition coefficient (Wildman–Crippen LogP) is 1.75. The predicted molar refractivity (Wildman–Crippen MR) is 164 cm³/mol. The lowest BCUT2D eigenvalue weighted by molar-refractivity contribution is -0.134. The minimum Gasteiger partial charge on any atom is -0.349 e. The van der Waals surface area contributed by atoms with Crippen LogP contribution in [0.15, 0.2) is 60.7 Å². The molecule has 2 aromatic rings. The number of nitrogens with one attached hydrogen (secondary N) is 4. The van der Waals surface area contributed by atoms with Gasteiger partial charge in [-0.15, -0.1) is 0 Å². The molecule has 0 bridgehead atoms. The number of hydrogen-bond acceptors (Lipinski definition) is 6. The van der Waals surface area contributed by atoms with Crippen molar-refractivity contribution >= 4 is 41.3 Å². The standard InChI is InChI=1S/C31H41N5O5S/c1-20(2)27-30(40)34-25(15-16-42-4)29(39)32-21(3)28(38)33-24(17-22-11-7-5-8-12-22)18-36(19-26(37)35-27)31(41)23-13-9-6-10-14-23/h5-14,20-21,24-25,27H,15-19H2,1-4H3,(H,32,39)(H,33,38)(H,34,40)(H,35,37)/t21-,24+,25-,27-/m0/s1. The van der Waals surface area contributed by atoms with Gasteiger partial charge in [0, 0.05) is 12.1 Å². The van der Waals surface area contributed by atoms with Crippen molar-refractivity contribution in [2.75, 3.05) is 25.1 Å². The zero-order chi connectivity index (χ0) is 30.6. The summed E-state index contributed by atoms with van der Waals surface area (Å²) >= 11 is 1.53. The van der Waals surface area contributed by atoms with Crippen molar-refractivity contribution in [1.82, 2.24) is 26.2 Å². The van der Waals surface area contributed by atoms with E-state index in [9.17, 15) is 24.0 Å². The van der Waals surface area contributed by atoms with Gasteiger partial charge < -0.3 is 26.2 Å². The fourth-order valence-electron chi connectivity index (χ4n) is 4.71. The molecule has 1 aliphatic heterocycles. The van der Waals surface area contributed by atoms with Crippen LogP contribution in [0.4, 0.5) is 0 Å². The second-order valence-electron chi connectivity index (χ2n) is 10.8. The first-order valence-electron chi connectivity index (χ1n) is 14.2. The van der Waals surface area contributed by atoms with Crippen LogP contribution in [0.2, 0.25) is 0 Å². The van der Waals surface area contributed by atoms with E-state index >= 15 is 0 Å². The highest BCUT2D eigenvalue weighted by Crippen LogP contribution is 2.12. The molecule has 1 heterocycles. The largest absolute Gasteiger partial charge is 0.349 e. The Morgan fingerprint density at radius 1 is 0.881 bits per heavy atom. The van der Waals surface area contributed by atoms with E-state index in [1.807, 2.05) is 36.6 Å². The maximum Gasteiger partial charge on any atom is 0.254 e. The molecule has 4 atom stereocenters. The average molecular weight is 596 g/mol. The summed E-state index contributed by atoms with van der Waals surface area (Å²) in [5.74, 6) is -2.02. The van der Waals surface area contributed by atoms with Crippen LogP contribution in [0.1, 0.15) is 43.1 Å². The maximum atomic E-state index is 13.6. The van der Waals surface area contributed by atoms with Crippen molar-refractivity contribution in [1.29, 1.82) is 0 Å². The fraction of sp³-hybridized carbons (Fsp3) is 0.452. The van der Waals surface area contributed by atoms with Crippen LogP contribution in [-0.2, 0) is 25.6 Å². The first-order valence-corrected chi connectivity index (χ1v) is 15.6. The Morgan fingerprint density at radius 2 is 1.52 bits per heavy atom. The van der Waals surface area contributed by atoms with E-state index in [1.54, 1.807) is 51.1 Å². The van der Waals surface area contributed by atoms with Gasteiger partial charge in [-0.05, 0) is 55.4 Å². The highest BCUT2D eigenvalue weighted by Gasteiger charge is 2.32. The summed E-state index contributed by atoms with van der Waals surface area (Å²) in [5.41, 5.74) is 1.32. The van der Waals surface area contributed by atoms with Crippen molar-refractivity contribution < 1.29 is 24.0 Å². The van der Waals surface area contributed by atoms with Gasteiger partial charge in [-0.25, -0.2) is 0 Å². The summed E-state index contributed by atoms with van der Waals surface area (Å²) in [6.45, 7) is 4.87. The van der Waals surface area contributed by atoms with Crippen molar-refractivity contribution in [2.24, 2.45) is 5.92 Å². The van der Waals surface area contributed by atoms with Crippen molar-refractivity contribution in [3.8, 4) is 0 Å². The third-order valence-electron chi connectivity index (χ3n) is 7.02. The number of carbonyl (C=O) groups is 5. The zero-order valence-corrected chi connectivity index (χ0v) is 25.4. The molecule has 1 fully saturated rings. The number of amides is 5. The van der Waals surface area contributed by atoms with Gasteiger partial charge >= 0.3 is 0 Å². The summed E-state index contributed by atoms with van der Waals surface area (Å²) in [4.78, 5) is 68.3. The molecule has 11 heteroatoms. The van der Waals surface area contributed by atoms with E-state index in [-0.39, 0.29) is 24.9 Å². The molecule has 4 N–H and O–H groups in total. The lowest BCUT2D eigenvalue weighted by Gasteiger charge is -2.30. The van der Waals surface area contributed by atoms with Gasteiger partial charge in [-0.1, -0.05) is 62.4 Å². The third kappa shape index (κ3) is 9.61. The second-order valence-corrected chi connectivity index (χ2v) is 11.8. The van der Waals surface area contributed by atoms with Crippen molar-refractivity contribution in [2.45, 2.75) is 57.8 Å². The molecular formula is C31H41N5O5S. The Balaban J connectivity index is 2.00. The van der Waals surface area contributed by atoms with E-state index in [4.69, 9.17) is 0 Å². The summed E-state index contributed by atoms with van der Waals surface area (Å²) in [6.07, 6.45) is 2.63. The van der Waals surface area contributed by atoms with E-state index in [2.05, 4.69) is 21.3 Å². The number of thioether (sulfide) groups is 1. The Morgan fingerprint density at radius 3 is 2.14 bits per heavy atom. The fourth-order valence-corrected chi connectivity index (χ4v) is 5.18. The van der Waals surface area contributed by atoms with Gasteiger partial charge in [-0.2, -0.15) is 11.8 Å². The highest BCUT2D eigenvalue weighted by molar-refractivity contribution is 7.98. The molecule has 0 radical (unpaired) electrons.